The molecule has 0 aromatic heterocycles. The fourth-order valence-corrected chi connectivity index (χ4v) is 1.67. The number of anilines is 1. The van der Waals surface area contributed by atoms with E-state index in [4.69, 9.17) is 0 Å². The molecule has 0 heterocycles. The van der Waals surface area contributed by atoms with Crippen LogP contribution in [0.5, 0.6) is 0 Å². The maximum Gasteiger partial charge on any atom is 0.269 e. The molecule has 6 nitrogen and oxygen atoms in total. The first-order valence-corrected chi connectivity index (χ1v) is 7.29. The molecule has 0 spiro atoms. The van der Waals surface area contributed by atoms with Crippen LogP contribution in [0.25, 0.3) is 0 Å². The normalized spacial score (nSPS) is 14.1. The van der Waals surface area contributed by atoms with Crippen LogP contribution < -0.4 is 16.2 Å². The van der Waals surface area contributed by atoms with Crippen molar-refractivity contribution in [3.63, 3.8) is 0 Å². The van der Waals surface area contributed by atoms with Crippen LogP contribution >= 0.6 is 0 Å². The maximum absolute atomic E-state index is 11.9. The number of benzene rings is 1. The van der Waals surface area contributed by atoms with Crippen molar-refractivity contribution in [2.45, 2.75) is 33.6 Å². The van der Waals surface area contributed by atoms with Gasteiger partial charge in [-0.3, -0.25) is 25.2 Å². The van der Waals surface area contributed by atoms with Crippen LogP contribution in [0.1, 0.15) is 44.0 Å². The molecule has 118 valence electrons. The van der Waals surface area contributed by atoms with E-state index in [0.717, 1.165) is 12.8 Å². The van der Waals surface area contributed by atoms with Gasteiger partial charge in [0.15, 0.2) is 0 Å². The molecule has 1 aliphatic carbocycles. The molecule has 0 unspecified atom stereocenters. The van der Waals surface area contributed by atoms with Gasteiger partial charge in [-0.15, -0.1) is 0 Å². The number of hydrogen-bond acceptors (Lipinski definition) is 3. The Morgan fingerprint density at radius 3 is 2.09 bits per heavy atom. The van der Waals surface area contributed by atoms with Gasteiger partial charge in [-0.25, -0.2) is 0 Å². The average Bonchev–Trinajstić information content (AvgIpc) is 3.28. The summed E-state index contributed by atoms with van der Waals surface area (Å²) in [6.45, 7) is 5.27. The molecular formula is C16H21N3O3. The fourth-order valence-electron chi connectivity index (χ4n) is 1.67. The lowest BCUT2D eigenvalue weighted by molar-refractivity contribution is -0.129. The summed E-state index contributed by atoms with van der Waals surface area (Å²) in [6.07, 6.45) is 1.89. The zero-order chi connectivity index (χ0) is 16.3. The maximum atomic E-state index is 11.9. The van der Waals surface area contributed by atoms with E-state index >= 15 is 0 Å². The van der Waals surface area contributed by atoms with Crippen LogP contribution in [0.4, 0.5) is 5.69 Å². The van der Waals surface area contributed by atoms with E-state index in [-0.39, 0.29) is 17.7 Å². The van der Waals surface area contributed by atoms with Gasteiger partial charge in [0.25, 0.3) is 5.91 Å². The van der Waals surface area contributed by atoms with E-state index in [9.17, 15) is 14.4 Å². The third-order valence-electron chi connectivity index (χ3n) is 3.33. The van der Waals surface area contributed by atoms with Crippen molar-refractivity contribution < 1.29 is 14.4 Å². The van der Waals surface area contributed by atoms with Crippen LogP contribution in [0.15, 0.2) is 24.3 Å². The van der Waals surface area contributed by atoms with Crippen LogP contribution in [0.2, 0.25) is 0 Å². The van der Waals surface area contributed by atoms with Gasteiger partial charge in [-0.1, -0.05) is 20.8 Å². The zero-order valence-electron chi connectivity index (χ0n) is 13.0. The SMILES string of the molecule is CC(C)(C)C(=O)NNC(=O)c1ccc(NC(=O)C2CC2)cc1. The van der Waals surface area contributed by atoms with Crippen LogP contribution in [-0.4, -0.2) is 17.7 Å². The Bertz CT molecular complexity index is 584. The molecule has 1 aromatic carbocycles. The molecule has 3 amide bonds. The van der Waals surface area contributed by atoms with Crippen LogP contribution in [0.3, 0.4) is 0 Å². The van der Waals surface area contributed by atoms with Gasteiger partial charge in [-0.05, 0) is 37.1 Å². The highest BCUT2D eigenvalue weighted by atomic mass is 16.2. The Labute approximate surface area is 129 Å². The number of amides is 3. The Balaban J connectivity index is 1.88. The van der Waals surface area contributed by atoms with E-state index < -0.39 is 11.3 Å². The molecule has 1 aromatic rings. The molecule has 0 saturated heterocycles. The Morgan fingerprint density at radius 2 is 1.59 bits per heavy atom. The predicted molar refractivity (Wildman–Crippen MR) is 82.9 cm³/mol. The predicted octanol–water partition coefficient (Wildman–Crippen LogP) is 1.84. The highest BCUT2D eigenvalue weighted by Crippen LogP contribution is 2.30. The van der Waals surface area contributed by atoms with Crippen molar-refractivity contribution in [2.24, 2.45) is 11.3 Å². The highest BCUT2D eigenvalue weighted by molar-refractivity contribution is 5.97. The first-order valence-electron chi connectivity index (χ1n) is 7.29. The first-order chi connectivity index (χ1) is 10.3. The number of hydrogen-bond donors (Lipinski definition) is 3. The molecule has 3 N–H and O–H groups in total. The van der Waals surface area contributed by atoms with Crippen molar-refractivity contribution in [1.29, 1.82) is 0 Å². The third-order valence-corrected chi connectivity index (χ3v) is 3.33. The van der Waals surface area contributed by atoms with Crippen molar-refractivity contribution in [3.05, 3.63) is 29.8 Å². The molecule has 2 rings (SSSR count). The topological polar surface area (TPSA) is 87.3 Å². The number of nitrogens with one attached hydrogen (secondary N) is 3. The van der Waals surface area contributed by atoms with Gasteiger partial charge in [0, 0.05) is 22.6 Å². The van der Waals surface area contributed by atoms with E-state index in [1.807, 2.05) is 0 Å². The monoisotopic (exact) mass is 303 g/mol. The second-order valence-electron chi connectivity index (χ2n) is 6.50. The first kappa shape index (κ1) is 16.0. The average molecular weight is 303 g/mol. The van der Waals surface area contributed by atoms with Crippen LogP contribution in [0, 0.1) is 11.3 Å². The summed E-state index contributed by atoms with van der Waals surface area (Å²) >= 11 is 0. The minimum absolute atomic E-state index is 0.0228. The third kappa shape index (κ3) is 4.31. The quantitative estimate of drug-likeness (QED) is 0.745. The lowest BCUT2D eigenvalue weighted by Crippen LogP contribution is -2.46. The number of hydrazine groups is 1. The molecule has 1 saturated carbocycles. The van der Waals surface area contributed by atoms with E-state index in [2.05, 4.69) is 16.2 Å². The van der Waals surface area contributed by atoms with E-state index in [0.29, 0.717) is 11.3 Å². The summed E-state index contributed by atoms with van der Waals surface area (Å²) in [6, 6.07) is 6.53. The smallest absolute Gasteiger partial charge is 0.269 e. The number of carbonyl (C=O) groups excluding carboxylic acids is 3. The standard InChI is InChI=1S/C16H21N3O3/c1-16(2,3)15(22)19-18-14(21)11-6-8-12(9-7-11)17-13(20)10-4-5-10/h6-10H,4-5H2,1-3H3,(H,17,20)(H,18,21)(H,19,22). The molecule has 0 radical (unpaired) electrons. The molecule has 0 aliphatic heterocycles. The molecule has 0 atom stereocenters. The molecule has 0 bridgehead atoms. The molecule has 6 heteroatoms. The van der Waals surface area contributed by atoms with Crippen molar-refractivity contribution in [1.82, 2.24) is 10.9 Å². The number of carbonyl (C=O) groups is 3. The van der Waals surface area contributed by atoms with Gasteiger partial charge in [0.2, 0.25) is 11.8 Å². The van der Waals surface area contributed by atoms with Crippen molar-refractivity contribution in [3.8, 4) is 0 Å². The largest absolute Gasteiger partial charge is 0.326 e. The second kappa shape index (κ2) is 6.17. The van der Waals surface area contributed by atoms with Gasteiger partial charge >= 0.3 is 0 Å². The lowest BCUT2D eigenvalue weighted by Gasteiger charge is -2.17. The molecular weight excluding hydrogens is 282 g/mol. The van der Waals surface area contributed by atoms with Gasteiger partial charge in [0.05, 0.1) is 0 Å². The number of rotatable bonds is 3. The fraction of sp³-hybridized carbons (Fsp3) is 0.438. The zero-order valence-corrected chi connectivity index (χ0v) is 13.0. The summed E-state index contributed by atoms with van der Waals surface area (Å²) < 4.78 is 0. The van der Waals surface area contributed by atoms with E-state index in [1.165, 1.54) is 0 Å². The summed E-state index contributed by atoms with van der Waals surface area (Å²) in [7, 11) is 0. The Morgan fingerprint density at radius 1 is 1.00 bits per heavy atom. The minimum Gasteiger partial charge on any atom is -0.326 e. The molecule has 1 fully saturated rings. The molecule has 22 heavy (non-hydrogen) atoms. The van der Waals surface area contributed by atoms with E-state index in [1.54, 1.807) is 45.0 Å². The summed E-state index contributed by atoms with van der Waals surface area (Å²) in [5.74, 6) is -0.517. The van der Waals surface area contributed by atoms with Gasteiger partial charge in [-0.2, -0.15) is 0 Å². The van der Waals surface area contributed by atoms with Gasteiger partial charge in [0.1, 0.15) is 0 Å². The molecule has 1 aliphatic rings. The minimum atomic E-state index is -0.579. The second-order valence-corrected chi connectivity index (χ2v) is 6.50. The summed E-state index contributed by atoms with van der Waals surface area (Å²) in [4.78, 5) is 35.2. The Hall–Kier alpha value is -2.37. The van der Waals surface area contributed by atoms with Crippen molar-refractivity contribution >= 4 is 23.4 Å². The van der Waals surface area contributed by atoms with Crippen molar-refractivity contribution in [2.75, 3.05) is 5.32 Å². The van der Waals surface area contributed by atoms with Crippen LogP contribution in [-0.2, 0) is 9.59 Å². The van der Waals surface area contributed by atoms with Gasteiger partial charge < -0.3 is 5.32 Å². The summed E-state index contributed by atoms with van der Waals surface area (Å²) in [5, 5.41) is 2.80. The highest BCUT2D eigenvalue weighted by Gasteiger charge is 2.29. The lowest BCUT2D eigenvalue weighted by atomic mass is 9.96. The Kier molecular flexibility index (Phi) is 4.49. The summed E-state index contributed by atoms with van der Waals surface area (Å²) in [5.41, 5.74) is 5.23.